The van der Waals surface area contributed by atoms with Crippen LogP contribution in [0.5, 0.6) is 11.5 Å². The molecule has 19 heavy (non-hydrogen) atoms. The van der Waals surface area contributed by atoms with E-state index in [1.165, 1.54) is 18.3 Å². The highest BCUT2D eigenvalue weighted by Gasteiger charge is 2.07. The molecule has 1 atom stereocenters. The summed E-state index contributed by atoms with van der Waals surface area (Å²) in [6.45, 7) is 1.60. The molecule has 0 fully saturated rings. The van der Waals surface area contributed by atoms with Crippen molar-refractivity contribution in [3.8, 4) is 17.6 Å². The van der Waals surface area contributed by atoms with Gasteiger partial charge in [-0.2, -0.15) is 5.26 Å². The molecule has 0 amide bonds. The minimum Gasteiger partial charge on any atom is -0.453 e. The van der Waals surface area contributed by atoms with Gasteiger partial charge in [0.05, 0.1) is 29.6 Å². The number of hydrogen-bond acceptors (Lipinski definition) is 4. The molecule has 4 nitrogen and oxygen atoms in total. The lowest BCUT2D eigenvalue weighted by Gasteiger charge is -2.08. The van der Waals surface area contributed by atoms with Crippen molar-refractivity contribution >= 4 is 0 Å². The van der Waals surface area contributed by atoms with Crippen LogP contribution < -0.4 is 4.74 Å². The Bertz CT molecular complexity index is 618. The second-order valence-electron chi connectivity index (χ2n) is 3.95. The van der Waals surface area contributed by atoms with Crippen LogP contribution in [0.3, 0.4) is 0 Å². The summed E-state index contributed by atoms with van der Waals surface area (Å²) in [5.41, 5.74) is 0.736. The van der Waals surface area contributed by atoms with E-state index in [-0.39, 0.29) is 11.3 Å². The maximum absolute atomic E-state index is 13.6. The van der Waals surface area contributed by atoms with Crippen LogP contribution in [0.1, 0.15) is 24.3 Å². The Morgan fingerprint density at radius 1 is 1.37 bits per heavy atom. The number of nitriles is 1. The Morgan fingerprint density at radius 3 is 2.68 bits per heavy atom. The number of ether oxygens (including phenoxy) is 1. The van der Waals surface area contributed by atoms with Crippen LogP contribution in [0.2, 0.25) is 0 Å². The van der Waals surface area contributed by atoms with Crippen molar-refractivity contribution in [3.05, 3.63) is 53.6 Å². The van der Waals surface area contributed by atoms with Crippen molar-refractivity contribution in [2.24, 2.45) is 0 Å². The quantitative estimate of drug-likeness (QED) is 0.919. The molecule has 0 aliphatic heterocycles. The van der Waals surface area contributed by atoms with E-state index >= 15 is 0 Å². The van der Waals surface area contributed by atoms with E-state index in [1.54, 1.807) is 19.1 Å². The van der Waals surface area contributed by atoms with E-state index in [2.05, 4.69) is 4.98 Å². The van der Waals surface area contributed by atoms with E-state index in [0.717, 1.165) is 6.07 Å². The highest BCUT2D eigenvalue weighted by atomic mass is 19.1. The Balaban J connectivity index is 2.19. The number of rotatable bonds is 3. The van der Waals surface area contributed by atoms with Crippen molar-refractivity contribution in [2.45, 2.75) is 13.0 Å². The largest absolute Gasteiger partial charge is 0.453 e. The summed E-state index contributed by atoms with van der Waals surface area (Å²) >= 11 is 0. The summed E-state index contributed by atoms with van der Waals surface area (Å²) in [5.74, 6) is -0.239. The van der Waals surface area contributed by atoms with Gasteiger partial charge >= 0.3 is 0 Å². The standard InChI is InChI=1S/C14H11FN2O2/c1-9(18)13-4-3-11(8-17-13)19-14-5-2-10(7-16)6-12(14)15/h2-6,8-9,18H,1H3. The molecule has 0 spiro atoms. The average molecular weight is 258 g/mol. The third-order valence-corrected chi connectivity index (χ3v) is 2.48. The number of halogens is 1. The Hall–Kier alpha value is -2.45. The fourth-order valence-corrected chi connectivity index (χ4v) is 1.48. The van der Waals surface area contributed by atoms with Gasteiger partial charge in [-0.1, -0.05) is 0 Å². The Labute approximate surface area is 109 Å². The summed E-state index contributed by atoms with van der Waals surface area (Å²) < 4.78 is 18.9. The SMILES string of the molecule is CC(O)c1ccc(Oc2ccc(C#N)cc2F)cn1. The maximum Gasteiger partial charge on any atom is 0.167 e. The van der Waals surface area contributed by atoms with Crippen molar-refractivity contribution in [1.82, 2.24) is 4.98 Å². The highest BCUT2D eigenvalue weighted by Crippen LogP contribution is 2.25. The molecule has 0 saturated carbocycles. The lowest BCUT2D eigenvalue weighted by atomic mass is 10.2. The molecule has 0 bridgehead atoms. The fourth-order valence-electron chi connectivity index (χ4n) is 1.48. The Morgan fingerprint density at radius 2 is 2.16 bits per heavy atom. The minimum absolute atomic E-state index is 0.0191. The molecular weight excluding hydrogens is 247 g/mol. The molecule has 1 aromatic carbocycles. The zero-order valence-corrected chi connectivity index (χ0v) is 10.2. The van der Waals surface area contributed by atoms with Crippen LogP contribution in [-0.2, 0) is 0 Å². The molecule has 0 aliphatic carbocycles. The molecule has 0 radical (unpaired) electrons. The minimum atomic E-state index is -0.666. The van der Waals surface area contributed by atoms with Crippen LogP contribution in [0.25, 0.3) is 0 Å². The number of aliphatic hydroxyl groups is 1. The first kappa shape index (κ1) is 13.0. The van der Waals surface area contributed by atoms with Gasteiger partial charge in [0, 0.05) is 0 Å². The topological polar surface area (TPSA) is 66.1 Å². The van der Waals surface area contributed by atoms with E-state index in [0.29, 0.717) is 11.4 Å². The predicted octanol–water partition coefficient (Wildman–Crippen LogP) is 2.94. The number of nitrogens with zero attached hydrogens (tertiary/aromatic N) is 2. The first-order valence-electron chi connectivity index (χ1n) is 5.61. The van der Waals surface area contributed by atoms with Crippen LogP contribution in [-0.4, -0.2) is 10.1 Å². The first-order valence-corrected chi connectivity index (χ1v) is 5.61. The van der Waals surface area contributed by atoms with E-state index in [1.807, 2.05) is 6.07 Å². The number of aliphatic hydroxyl groups excluding tert-OH is 1. The fraction of sp³-hybridized carbons (Fsp3) is 0.143. The van der Waals surface area contributed by atoms with Crippen molar-refractivity contribution in [3.63, 3.8) is 0 Å². The molecular formula is C14H11FN2O2. The normalized spacial score (nSPS) is 11.7. The molecule has 0 aliphatic rings. The maximum atomic E-state index is 13.6. The van der Waals surface area contributed by atoms with Crippen LogP contribution in [0.4, 0.5) is 4.39 Å². The third kappa shape index (κ3) is 3.06. The summed E-state index contributed by atoms with van der Waals surface area (Å²) in [4.78, 5) is 3.99. The summed E-state index contributed by atoms with van der Waals surface area (Å²) in [7, 11) is 0. The highest BCUT2D eigenvalue weighted by molar-refractivity contribution is 5.38. The van der Waals surface area contributed by atoms with E-state index < -0.39 is 11.9 Å². The smallest absolute Gasteiger partial charge is 0.167 e. The van der Waals surface area contributed by atoms with Gasteiger partial charge in [0.1, 0.15) is 5.75 Å². The molecule has 5 heteroatoms. The second-order valence-corrected chi connectivity index (χ2v) is 3.95. The number of pyridine rings is 1. The monoisotopic (exact) mass is 258 g/mol. The van der Waals surface area contributed by atoms with Crippen LogP contribution in [0.15, 0.2) is 36.5 Å². The van der Waals surface area contributed by atoms with Crippen LogP contribution in [0, 0.1) is 17.1 Å². The average Bonchev–Trinajstić information content (AvgIpc) is 2.41. The van der Waals surface area contributed by atoms with Gasteiger partial charge in [-0.05, 0) is 37.3 Å². The molecule has 1 heterocycles. The summed E-state index contributed by atoms with van der Waals surface area (Å²) in [6.07, 6.45) is 0.736. The van der Waals surface area contributed by atoms with Gasteiger partial charge < -0.3 is 9.84 Å². The van der Waals surface area contributed by atoms with Crippen LogP contribution >= 0.6 is 0 Å². The number of hydrogen-bond donors (Lipinski definition) is 1. The summed E-state index contributed by atoms with van der Waals surface area (Å²) in [5, 5.41) is 17.9. The zero-order valence-electron chi connectivity index (χ0n) is 10.2. The predicted molar refractivity (Wildman–Crippen MR) is 66.1 cm³/mol. The van der Waals surface area contributed by atoms with E-state index in [9.17, 15) is 9.50 Å². The summed E-state index contributed by atoms with van der Waals surface area (Å²) in [6, 6.07) is 8.99. The lowest BCUT2D eigenvalue weighted by Crippen LogP contribution is -1.95. The molecule has 2 aromatic rings. The molecule has 1 N–H and O–H groups in total. The first-order chi connectivity index (χ1) is 9.10. The van der Waals surface area contributed by atoms with Crippen molar-refractivity contribution in [2.75, 3.05) is 0 Å². The van der Waals surface area contributed by atoms with Gasteiger partial charge in [-0.25, -0.2) is 4.39 Å². The number of aromatic nitrogens is 1. The van der Waals surface area contributed by atoms with Crippen molar-refractivity contribution in [1.29, 1.82) is 5.26 Å². The zero-order chi connectivity index (χ0) is 13.8. The molecule has 1 aromatic heterocycles. The second kappa shape index (κ2) is 5.46. The van der Waals surface area contributed by atoms with Gasteiger partial charge in [0.15, 0.2) is 11.6 Å². The third-order valence-electron chi connectivity index (χ3n) is 2.48. The van der Waals surface area contributed by atoms with E-state index in [4.69, 9.17) is 10.00 Å². The van der Waals surface area contributed by atoms with Gasteiger partial charge in [-0.3, -0.25) is 4.98 Å². The lowest BCUT2D eigenvalue weighted by molar-refractivity contribution is 0.194. The van der Waals surface area contributed by atoms with Gasteiger partial charge in [0.25, 0.3) is 0 Å². The number of benzene rings is 1. The molecule has 2 rings (SSSR count). The Kier molecular flexibility index (Phi) is 3.74. The molecule has 0 saturated heterocycles. The molecule has 1 unspecified atom stereocenters. The van der Waals surface area contributed by atoms with Gasteiger partial charge in [-0.15, -0.1) is 0 Å². The molecule has 96 valence electrons. The van der Waals surface area contributed by atoms with Gasteiger partial charge in [0.2, 0.25) is 0 Å². The van der Waals surface area contributed by atoms with Crippen molar-refractivity contribution < 1.29 is 14.2 Å².